The fourth-order valence-corrected chi connectivity index (χ4v) is 3.09. The number of carbonyl (C=O) groups is 1. The molecule has 1 aliphatic rings. The lowest BCUT2D eigenvalue weighted by Crippen LogP contribution is -2.48. The third-order valence-corrected chi connectivity index (χ3v) is 4.64. The van der Waals surface area contributed by atoms with E-state index >= 15 is 0 Å². The van der Waals surface area contributed by atoms with Gasteiger partial charge >= 0.3 is 0 Å². The van der Waals surface area contributed by atoms with Gasteiger partial charge in [-0.3, -0.25) is 9.69 Å². The fourth-order valence-electron chi connectivity index (χ4n) is 3.09. The first-order valence-corrected chi connectivity index (χ1v) is 9.21. The van der Waals surface area contributed by atoms with Gasteiger partial charge in [0, 0.05) is 31.9 Å². The summed E-state index contributed by atoms with van der Waals surface area (Å²) in [6, 6.07) is 15.4. The minimum atomic E-state index is 0.0299. The third-order valence-electron chi connectivity index (χ3n) is 4.64. The van der Waals surface area contributed by atoms with Crippen LogP contribution < -0.4 is 10.1 Å². The molecule has 0 radical (unpaired) electrons. The molecule has 0 saturated carbocycles. The Labute approximate surface area is 155 Å². The Morgan fingerprint density at radius 2 is 1.69 bits per heavy atom. The second-order valence-corrected chi connectivity index (χ2v) is 6.70. The van der Waals surface area contributed by atoms with Crippen molar-refractivity contribution in [2.75, 3.05) is 44.6 Å². The van der Waals surface area contributed by atoms with Gasteiger partial charge < -0.3 is 15.0 Å². The van der Waals surface area contributed by atoms with Crippen LogP contribution in [0.1, 0.15) is 12.5 Å². The summed E-state index contributed by atoms with van der Waals surface area (Å²) in [4.78, 5) is 16.9. The zero-order valence-electron chi connectivity index (χ0n) is 15.6. The molecule has 0 unspecified atom stereocenters. The van der Waals surface area contributed by atoms with Gasteiger partial charge in [-0.15, -0.1) is 0 Å². The van der Waals surface area contributed by atoms with Crippen LogP contribution in [0, 0.1) is 6.92 Å². The molecule has 1 N–H and O–H groups in total. The van der Waals surface area contributed by atoms with Gasteiger partial charge in [-0.1, -0.05) is 19.1 Å². The number of hydrogen-bond acceptors (Lipinski definition) is 4. The number of rotatable bonds is 6. The van der Waals surface area contributed by atoms with E-state index in [2.05, 4.69) is 22.0 Å². The third kappa shape index (κ3) is 5.31. The summed E-state index contributed by atoms with van der Waals surface area (Å²) in [7, 11) is 0. The monoisotopic (exact) mass is 353 g/mol. The van der Waals surface area contributed by atoms with Gasteiger partial charge in [-0.05, 0) is 55.4 Å². The van der Waals surface area contributed by atoms with Crippen LogP contribution in [0.3, 0.4) is 0 Å². The molecule has 0 atom stereocenters. The molecule has 138 valence electrons. The van der Waals surface area contributed by atoms with Crippen LogP contribution in [-0.4, -0.2) is 55.0 Å². The molecule has 1 saturated heterocycles. The largest absolute Gasteiger partial charge is 0.457 e. The van der Waals surface area contributed by atoms with Gasteiger partial charge in [0.15, 0.2) is 0 Å². The first-order valence-electron chi connectivity index (χ1n) is 9.21. The van der Waals surface area contributed by atoms with Gasteiger partial charge in [0.05, 0.1) is 6.54 Å². The van der Waals surface area contributed by atoms with E-state index in [1.54, 1.807) is 0 Å². The first kappa shape index (κ1) is 18.4. The van der Waals surface area contributed by atoms with E-state index in [9.17, 15) is 4.79 Å². The Balaban J connectivity index is 1.48. The maximum absolute atomic E-state index is 12.2. The highest BCUT2D eigenvalue weighted by atomic mass is 16.5. The van der Waals surface area contributed by atoms with E-state index < -0.39 is 0 Å². The predicted octanol–water partition coefficient (Wildman–Crippen LogP) is 3.36. The number of carbonyl (C=O) groups excluding carboxylic acids is 1. The highest BCUT2D eigenvalue weighted by Crippen LogP contribution is 2.23. The van der Waals surface area contributed by atoms with E-state index in [4.69, 9.17) is 4.74 Å². The molecule has 3 rings (SSSR count). The van der Waals surface area contributed by atoms with Crippen molar-refractivity contribution in [1.82, 2.24) is 9.80 Å². The molecule has 26 heavy (non-hydrogen) atoms. The number of nitrogens with zero attached hydrogens (tertiary/aromatic N) is 2. The smallest absolute Gasteiger partial charge is 0.238 e. The molecule has 0 spiro atoms. The number of benzene rings is 2. The molecular weight excluding hydrogens is 326 g/mol. The van der Waals surface area contributed by atoms with Crippen molar-refractivity contribution in [3.8, 4) is 11.5 Å². The lowest BCUT2D eigenvalue weighted by atomic mass is 10.2. The SMILES string of the molecule is CCN1CCN(CC(=O)Nc2ccc(Oc3cccc(C)c3)cc2)CC1. The standard InChI is InChI=1S/C21H27N3O2/c1-3-23-11-13-24(14-12-23)16-21(25)22-18-7-9-19(10-8-18)26-20-6-4-5-17(2)15-20/h4-10,15H,3,11-14,16H2,1-2H3,(H,22,25). The lowest BCUT2D eigenvalue weighted by Gasteiger charge is -2.33. The summed E-state index contributed by atoms with van der Waals surface area (Å²) in [6.45, 7) is 9.71. The van der Waals surface area contributed by atoms with Gasteiger partial charge in [-0.2, -0.15) is 0 Å². The normalized spacial score (nSPS) is 15.6. The average molecular weight is 353 g/mol. The van der Waals surface area contributed by atoms with Gasteiger partial charge in [0.2, 0.25) is 5.91 Å². The maximum atomic E-state index is 12.2. The number of aryl methyl sites for hydroxylation is 1. The minimum Gasteiger partial charge on any atom is -0.457 e. The maximum Gasteiger partial charge on any atom is 0.238 e. The summed E-state index contributed by atoms with van der Waals surface area (Å²) in [5.74, 6) is 1.60. The van der Waals surface area contributed by atoms with Crippen LogP contribution in [0.5, 0.6) is 11.5 Å². The van der Waals surface area contributed by atoms with E-state index in [0.29, 0.717) is 6.54 Å². The van der Waals surface area contributed by atoms with Crippen molar-refractivity contribution in [1.29, 1.82) is 0 Å². The number of amides is 1. The van der Waals surface area contributed by atoms with Crippen molar-refractivity contribution < 1.29 is 9.53 Å². The van der Waals surface area contributed by atoms with E-state index in [-0.39, 0.29) is 5.91 Å². The Hall–Kier alpha value is -2.37. The Bertz CT molecular complexity index is 722. The Kier molecular flexibility index (Phi) is 6.26. The second kappa shape index (κ2) is 8.83. The van der Waals surface area contributed by atoms with E-state index in [0.717, 1.165) is 55.5 Å². The van der Waals surface area contributed by atoms with Crippen molar-refractivity contribution in [3.05, 3.63) is 54.1 Å². The average Bonchev–Trinajstić information content (AvgIpc) is 2.64. The first-order chi connectivity index (χ1) is 12.6. The Morgan fingerprint density at radius 3 is 2.35 bits per heavy atom. The van der Waals surface area contributed by atoms with Crippen LogP contribution in [0.2, 0.25) is 0 Å². The molecule has 0 bridgehead atoms. The van der Waals surface area contributed by atoms with Crippen molar-refractivity contribution in [2.45, 2.75) is 13.8 Å². The predicted molar refractivity (Wildman–Crippen MR) is 105 cm³/mol. The molecule has 5 nitrogen and oxygen atoms in total. The molecular formula is C21H27N3O2. The molecule has 5 heteroatoms. The highest BCUT2D eigenvalue weighted by molar-refractivity contribution is 5.92. The van der Waals surface area contributed by atoms with Crippen LogP contribution in [0.25, 0.3) is 0 Å². The molecule has 2 aromatic rings. The van der Waals surface area contributed by atoms with Crippen molar-refractivity contribution >= 4 is 11.6 Å². The van der Waals surface area contributed by atoms with Gasteiger partial charge in [-0.25, -0.2) is 0 Å². The van der Waals surface area contributed by atoms with Crippen molar-refractivity contribution in [2.24, 2.45) is 0 Å². The number of hydrogen-bond donors (Lipinski definition) is 1. The quantitative estimate of drug-likeness (QED) is 0.865. The van der Waals surface area contributed by atoms with Crippen molar-refractivity contribution in [3.63, 3.8) is 0 Å². The van der Waals surface area contributed by atoms with Crippen LogP contribution in [0.4, 0.5) is 5.69 Å². The molecule has 2 aromatic carbocycles. The molecule has 1 aliphatic heterocycles. The van der Waals surface area contributed by atoms with Crippen LogP contribution >= 0.6 is 0 Å². The summed E-state index contributed by atoms with van der Waals surface area (Å²) in [5, 5.41) is 2.96. The zero-order valence-corrected chi connectivity index (χ0v) is 15.6. The highest BCUT2D eigenvalue weighted by Gasteiger charge is 2.17. The number of ether oxygens (including phenoxy) is 1. The molecule has 1 heterocycles. The van der Waals surface area contributed by atoms with E-state index in [1.807, 2.05) is 55.5 Å². The molecule has 0 aromatic heterocycles. The molecule has 0 aliphatic carbocycles. The lowest BCUT2D eigenvalue weighted by molar-refractivity contribution is -0.117. The second-order valence-electron chi connectivity index (χ2n) is 6.70. The fraction of sp³-hybridized carbons (Fsp3) is 0.381. The molecule has 1 amide bonds. The van der Waals surface area contributed by atoms with Gasteiger partial charge in [0.25, 0.3) is 0 Å². The van der Waals surface area contributed by atoms with Gasteiger partial charge in [0.1, 0.15) is 11.5 Å². The van der Waals surface area contributed by atoms with Crippen LogP contribution in [-0.2, 0) is 4.79 Å². The van der Waals surface area contributed by atoms with E-state index in [1.165, 1.54) is 0 Å². The molecule has 1 fully saturated rings. The number of nitrogens with one attached hydrogen (secondary N) is 1. The summed E-state index contributed by atoms with van der Waals surface area (Å²) in [5.41, 5.74) is 1.95. The number of piperazine rings is 1. The zero-order chi connectivity index (χ0) is 18.4. The minimum absolute atomic E-state index is 0.0299. The number of anilines is 1. The Morgan fingerprint density at radius 1 is 1.00 bits per heavy atom. The summed E-state index contributed by atoms with van der Waals surface area (Å²) >= 11 is 0. The van der Waals surface area contributed by atoms with Crippen LogP contribution in [0.15, 0.2) is 48.5 Å². The number of likely N-dealkylation sites (N-methyl/N-ethyl adjacent to an activating group) is 1. The topological polar surface area (TPSA) is 44.8 Å². The summed E-state index contributed by atoms with van der Waals surface area (Å²) in [6.07, 6.45) is 0. The summed E-state index contributed by atoms with van der Waals surface area (Å²) < 4.78 is 5.84.